The molecule has 0 spiro atoms. The smallest absolute Gasteiger partial charge is 0.189 e. The van der Waals surface area contributed by atoms with Crippen LogP contribution in [0.5, 0.6) is 0 Å². The largest absolute Gasteiger partial charge is 0.353 e. The normalized spacial score (nSPS) is 23.2. The van der Waals surface area contributed by atoms with Crippen molar-refractivity contribution < 1.29 is 8.78 Å². The van der Waals surface area contributed by atoms with Gasteiger partial charge in [-0.1, -0.05) is 11.8 Å². The van der Waals surface area contributed by atoms with Crippen LogP contribution in [-0.2, 0) is 6.54 Å². The number of anilines is 1. The van der Waals surface area contributed by atoms with Crippen molar-refractivity contribution in [2.24, 2.45) is 0 Å². The van der Waals surface area contributed by atoms with Gasteiger partial charge in [-0.15, -0.1) is 0 Å². The molecule has 0 aliphatic carbocycles. The molecule has 2 aromatic rings. The Bertz CT molecular complexity index is 725. The molecule has 24 heavy (non-hydrogen) atoms. The number of piperidine rings is 1. The molecule has 3 saturated heterocycles. The number of benzene rings is 1. The lowest BCUT2D eigenvalue weighted by molar-refractivity contribution is -0.00885. The first kappa shape index (κ1) is 15.8. The first-order chi connectivity index (χ1) is 11.6. The molecule has 0 amide bonds. The van der Waals surface area contributed by atoms with E-state index in [0.717, 1.165) is 36.6 Å². The fourth-order valence-electron chi connectivity index (χ4n) is 3.65. The van der Waals surface area contributed by atoms with Gasteiger partial charge in [0.25, 0.3) is 0 Å². The summed E-state index contributed by atoms with van der Waals surface area (Å²) in [4.78, 5) is 13.4. The second kappa shape index (κ2) is 6.29. The van der Waals surface area contributed by atoms with Crippen LogP contribution in [0.25, 0.3) is 0 Å². The quantitative estimate of drug-likeness (QED) is 0.627. The molecule has 7 heteroatoms. The van der Waals surface area contributed by atoms with Crippen LogP contribution in [0, 0.1) is 11.6 Å². The third-order valence-electron chi connectivity index (χ3n) is 4.76. The lowest BCUT2D eigenvalue weighted by Gasteiger charge is -2.56. The number of hydrogen-bond acceptors (Lipinski definition) is 5. The fourth-order valence-corrected chi connectivity index (χ4v) is 4.00. The number of fused-ring (bicyclic) bond motifs is 2. The number of rotatable bonds is 4. The van der Waals surface area contributed by atoms with Crippen LogP contribution in [0.15, 0.2) is 35.6 Å². The van der Waals surface area contributed by atoms with Crippen molar-refractivity contribution in [1.29, 1.82) is 0 Å². The highest BCUT2D eigenvalue weighted by atomic mass is 32.2. The minimum atomic E-state index is -0.511. The minimum Gasteiger partial charge on any atom is -0.353 e. The Balaban J connectivity index is 1.44. The SMILES string of the molecule is CSc1nccc(N2CC3CC(C2)N3Cc2cc(F)cc(F)c2)n1. The topological polar surface area (TPSA) is 32.3 Å². The van der Waals surface area contributed by atoms with Gasteiger partial charge in [-0.3, -0.25) is 4.90 Å². The van der Waals surface area contributed by atoms with Crippen molar-refractivity contribution >= 4 is 17.6 Å². The zero-order valence-corrected chi connectivity index (χ0v) is 14.1. The average molecular weight is 348 g/mol. The van der Waals surface area contributed by atoms with Crippen LogP contribution in [0.4, 0.5) is 14.6 Å². The van der Waals surface area contributed by atoms with Gasteiger partial charge in [0.15, 0.2) is 5.16 Å². The van der Waals surface area contributed by atoms with Crippen molar-refractivity contribution in [2.75, 3.05) is 24.2 Å². The van der Waals surface area contributed by atoms with Crippen molar-refractivity contribution in [2.45, 2.75) is 30.2 Å². The van der Waals surface area contributed by atoms with Gasteiger partial charge in [0.1, 0.15) is 17.5 Å². The predicted octanol–water partition coefficient (Wildman–Crippen LogP) is 2.94. The standard InChI is InChI=1S/C17H18F2N4S/c1-24-17-20-3-2-16(21-17)22-9-14-7-15(10-22)23(14)8-11-4-12(18)6-13(19)5-11/h2-6,14-15H,7-10H2,1H3. The van der Waals surface area contributed by atoms with Crippen molar-refractivity contribution in [3.63, 3.8) is 0 Å². The molecule has 2 atom stereocenters. The van der Waals surface area contributed by atoms with Crippen LogP contribution < -0.4 is 4.90 Å². The maximum absolute atomic E-state index is 13.4. The maximum Gasteiger partial charge on any atom is 0.189 e. The number of thioether (sulfide) groups is 1. The number of aromatic nitrogens is 2. The van der Waals surface area contributed by atoms with Crippen molar-refractivity contribution in [3.8, 4) is 0 Å². The van der Waals surface area contributed by atoms with Crippen molar-refractivity contribution in [1.82, 2.24) is 14.9 Å². The zero-order valence-electron chi connectivity index (χ0n) is 13.3. The number of halogens is 2. The fraction of sp³-hybridized carbons (Fsp3) is 0.412. The van der Waals surface area contributed by atoms with Crippen LogP contribution in [0.1, 0.15) is 12.0 Å². The Kier molecular flexibility index (Phi) is 4.14. The highest BCUT2D eigenvalue weighted by Gasteiger charge is 2.44. The molecular weight excluding hydrogens is 330 g/mol. The molecular formula is C17H18F2N4S. The molecule has 5 rings (SSSR count). The predicted molar refractivity (Wildman–Crippen MR) is 90.1 cm³/mol. The van der Waals surface area contributed by atoms with Gasteiger partial charge in [-0.05, 0) is 36.4 Å². The molecule has 1 aromatic carbocycles. The summed E-state index contributed by atoms with van der Waals surface area (Å²) in [6.45, 7) is 2.37. The summed E-state index contributed by atoms with van der Waals surface area (Å²) in [6.07, 6.45) is 4.89. The van der Waals surface area contributed by atoms with Crippen LogP contribution in [0.3, 0.4) is 0 Å². The summed E-state index contributed by atoms with van der Waals surface area (Å²) in [6, 6.07) is 6.51. The van der Waals surface area contributed by atoms with E-state index in [2.05, 4.69) is 19.8 Å². The Hall–Kier alpha value is -1.73. The van der Waals surface area contributed by atoms with E-state index in [-0.39, 0.29) is 0 Å². The average Bonchev–Trinajstić information content (AvgIpc) is 2.59. The number of nitrogens with zero attached hydrogens (tertiary/aromatic N) is 4. The van der Waals surface area contributed by atoms with Gasteiger partial charge in [0.05, 0.1) is 0 Å². The molecule has 3 fully saturated rings. The monoisotopic (exact) mass is 348 g/mol. The Morgan fingerprint density at radius 1 is 1.17 bits per heavy atom. The van der Waals surface area contributed by atoms with Crippen molar-refractivity contribution in [3.05, 3.63) is 47.7 Å². The minimum absolute atomic E-state index is 0.405. The van der Waals surface area contributed by atoms with Gasteiger partial charge in [-0.25, -0.2) is 18.7 Å². The molecule has 4 heterocycles. The van der Waals surface area contributed by atoms with Gasteiger partial charge in [0, 0.05) is 44.0 Å². The third kappa shape index (κ3) is 2.98. The van der Waals surface area contributed by atoms with E-state index in [1.54, 1.807) is 6.20 Å². The summed E-state index contributed by atoms with van der Waals surface area (Å²) >= 11 is 1.53. The van der Waals surface area contributed by atoms with E-state index in [0.29, 0.717) is 24.2 Å². The van der Waals surface area contributed by atoms with Gasteiger partial charge < -0.3 is 4.90 Å². The lowest BCUT2D eigenvalue weighted by Crippen LogP contribution is -2.68. The van der Waals surface area contributed by atoms with Crippen LogP contribution in [0.2, 0.25) is 0 Å². The van der Waals surface area contributed by atoms with E-state index in [4.69, 9.17) is 0 Å². The summed E-state index contributed by atoms with van der Waals surface area (Å²) in [5.41, 5.74) is 0.697. The molecule has 4 nitrogen and oxygen atoms in total. The van der Waals surface area contributed by atoms with Crippen LogP contribution >= 0.6 is 11.8 Å². The maximum atomic E-state index is 13.4. The van der Waals surface area contributed by atoms with Gasteiger partial charge in [0.2, 0.25) is 0 Å². The second-order valence-corrected chi connectivity index (χ2v) is 7.07. The Labute approximate surface area is 143 Å². The van der Waals surface area contributed by atoms with E-state index in [1.807, 2.05) is 12.3 Å². The number of piperazine rings is 1. The van der Waals surface area contributed by atoms with E-state index in [1.165, 1.54) is 23.9 Å². The Morgan fingerprint density at radius 2 is 1.88 bits per heavy atom. The molecule has 126 valence electrons. The highest BCUT2D eigenvalue weighted by molar-refractivity contribution is 7.98. The summed E-state index contributed by atoms with van der Waals surface area (Å²) in [7, 11) is 0. The molecule has 3 aliphatic heterocycles. The molecule has 2 unspecified atom stereocenters. The molecule has 0 saturated carbocycles. The van der Waals surface area contributed by atoms with Gasteiger partial charge >= 0.3 is 0 Å². The van der Waals surface area contributed by atoms with E-state index >= 15 is 0 Å². The first-order valence-corrected chi connectivity index (χ1v) is 9.17. The molecule has 0 N–H and O–H groups in total. The number of hydrogen-bond donors (Lipinski definition) is 0. The first-order valence-electron chi connectivity index (χ1n) is 7.95. The summed E-state index contributed by atoms with van der Waals surface area (Å²) < 4.78 is 26.7. The lowest BCUT2D eigenvalue weighted by atomic mass is 9.87. The summed E-state index contributed by atoms with van der Waals surface area (Å²) in [5.74, 6) is -0.0636. The molecule has 0 radical (unpaired) electrons. The molecule has 2 bridgehead atoms. The third-order valence-corrected chi connectivity index (χ3v) is 5.32. The Morgan fingerprint density at radius 3 is 2.54 bits per heavy atom. The van der Waals surface area contributed by atoms with E-state index < -0.39 is 11.6 Å². The molecule has 3 aliphatic rings. The highest BCUT2D eigenvalue weighted by Crippen LogP contribution is 2.35. The molecule has 1 aromatic heterocycles. The zero-order chi connectivity index (χ0) is 16.7. The van der Waals surface area contributed by atoms with E-state index in [9.17, 15) is 8.78 Å². The second-order valence-electron chi connectivity index (χ2n) is 6.30. The van der Waals surface area contributed by atoms with Gasteiger partial charge in [-0.2, -0.15) is 0 Å². The summed E-state index contributed by atoms with van der Waals surface area (Å²) in [5, 5.41) is 0.777. The van der Waals surface area contributed by atoms with Crippen LogP contribution in [-0.4, -0.2) is 46.3 Å².